The van der Waals surface area contributed by atoms with Crippen molar-refractivity contribution in [3.05, 3.63) is 84.1 Å². The molecule has 2 heterocycles. The van der Waals surface area contributed by atoms with E-state index >= 15 is 0 Å². The lowest BCUT2D eigenvalue weighted by Gasteiger charge is -2.11. The van der Waals surface area contributed by atoms with Gasteiger partial charge >= 0.3 is 0 Å². The third-order valence-electron chi connectivity index (χ3n) is 4.79. The number of aromatic nitrogens is 3. The van der Waals surface area contributed by atoms with Gasteiger partial charge in [0, 0.05) is 37.2 Å². The van der Waals surface area contributed by atoms with Crippen LogP contribution in [0.25, 0.3) is 11.4 Å². The minimum absolute atomic E-state index is 0.160. The third-order valence-corrected chi connectivity index (χ3v) is 4.79. The van der Waals surface area contributed by atoms with Gasteiger partial charge in [-0.3, -0.25) is 4.79 Å². The van der Waals surface area contributed by atoms with Crippen molar-refractivity contribution >= 4 is 5.91 Å². The summed E-state index contributed by atoms with van der Waals surface area (Å²) in [4.78, 5) is 20.8. The van der Waals surface area contributed by atoms with Crippen LogP contribution in [0, 0.1) is 5.82 Å². The fourth-order valence-electron chi connectivity index (χ4n) is 3.08. The van der Waals surface area contributed by atoms with Crippen molar-refractivity contribution in [2.75, 3.05) is 6.61 Å². The Morgan fingerprint density at radius 1 is 1.06 bits per heavy atom. The lowest BCUT2D eigenvalue weighted by atomic mass is 10.2. The monoisotopic (exact) mass is 462 g/mol. The van der Waals surface area contributed by atoms with Gasteiger partial charge in [-0.15, -0.1) is 0 Å². The maximum Gasteiger partial charge on any atom is 0.227 e. The van der Waals surface area contributed by atoms with Gasteiger partial charge in [-0.25, -0.2) is 9.37 Å². The molecule has 0 radical (unpaired) electrons. The molecule has 0 bridgehead atoms. The summed E-state index contributed by atoms with van der Waals surface area (Å²) in [5.74, 6) is 1.85. The van der Waals surface area contributed by atoms with E-state index in [1.165, 1.54) is 12.1 Å². The number of pyridine rings is 1. The quantitative estimate of drug-likeness (QED) is 0.364. The number of nitrogens with one attached hydrogen (secondary N) is 1. The van der Waals surface area contributed by atoms with Crippen LogP contribution in [0.1, 0.15) is 24.8 Å². The second-order valence-electron chi connectivity index (χ2n) is 7.28. The lowest BCUT2D eigenvalue weighted by molar-refractivity contribution is -0.121. The van der Waals surface area contributed by atoms with Gasteiger partial charge in [-0.2, -0.15) is 4.98 Å². The standard InChI is InChI=1S/C25H23FN4O4/c1-2-32-20-5-3-4-6-21(20)33-23-13-7-17(16-28-23)15-27-22(31)12-14-24-29-25(30-34-24)18-8-10-19(26)11-9-18/h3-11,13,16H,2,12,14-15H2,1H3,(H,27,31). The van der Waals surface area contributed by atoms with E-state index in [9.17, 15) is 9.18 Å². The van der Waals surface area contributed by atoms with E-state index in [4.69, 9.17) is 14.0 Å². The van der Waals surface area contributed by atoms with E-state index in [-0.39, 0.29) is 18.1 Å². The molecule has 2 aromatic carbocycles. The Labute approximate surface area is 195 Å². The highest BCUT2D eigenvalue weighted by Gasteiger charge is 2.11. The molecule has 0 atom stereocenters. The Bertz CT molecular complexity index is 1230. The molecular formula is C25H23FN4O4. The second kappa shape index (κ2) is 11.0. The summed E-state index contributed by atoms with van der Waals surface area (Å²) in [5.41, 5.74) is 1.47. The second-order valence-corrected chi connectivity index (χ2v) is 7.28. The number of carbonyl (C=O) groups excluding carboxylic acids is 1. The van der Waals surface area contributed by atoms with Crippen molar-refractivity contribution < 1.29 is 23.2 Å². The molecule has 1 amide bonds. The molecule has 0 aliphatic carbocycles. The minimum atomic E-state index is -0.339. The van der Waals surface area contributed by atoms with Gasteiger partial charge in [-0.05, 0) is 48.9 Å². The van der Waals surface area contributed by atoms with Crippen LogP contribution in [-0.2, 0) is 17.8 Å². The number of benzene rings is 2. The molecule has 0 saturated carbocycles. The highest BCUT2D eigenvalue weighted by Crippen LogP contribution is 2.30. The smallest absolute Gasteiger partial charge is 0.227 e. The van der Waals surface area contributed by atoms with Crippen molar-refractivity contribution in [2.45, 2.75) is 26.3 Å². The number of halogens is 1. The molecule has 8 nitrogen and oxygen atoms in total. The number of rotatable bonds is 10. The molecule has 0 spiro atoms. The van der Waals surface area contributed by atoms with Crippen LogP contribution in [0.5, 0.6) is 17.4 Å². The van der Waals surface area contributed by atoms with Gasteiger partial charge in [0.2, 0.25) is 23.5 Å². The van der Waals surface area contributed by atoms with Crippen molar-refractivity contribution in [1.29, 1.82) is 0 Å². The zero-order valence-corrected chi connectivity index (χ0v) is 18.5. The molecule has 9 heteroatoms. The summed E-state index contributed by atoms with van der Waals surface area (Å²) >= 11 is 0. The number of hydrogen-bond acceptors (Lipinski definition) is 7. The van der Waals surface area contributed by atoms with Gasteiger partial charge in [0.25, 0.3) is 0 Å². The third kappa shape index (κ3) is 6.16. The molecule has 1 N–H and O–H groups in total. The highest BCUT2D eigenvalue weighted by atomic mass is 19.1. The van der Waals surface area contributed by atoms with Crippen molar-refractivity contribution in [3.63, 3.8) is 0 Å². The van der Waals surface area contributed by atoms with E-state index in [0.717, 1.165) is 5.56 Å². The Morgan fingerprint density at radius 2 is 1.85 bits per heavy atom. The van der Waals surface area contributed by atoms with Crippen molar-refractivity contribution in [3.8, 4) is 28.8 Å². The van der Waals surface area contributed by atoms with Gasteiger partial charge in [0.1, 0.15) is 5.82 Å². The number of para-hydroxylation sites is 2. The van der Waals surface area contributed by atoms with Gasteiger partial charge in [-0.1, -0.05) is 23.4 Å². The Balaban J connectivity index is 1.24. The summed E-state index contributed by atoms with van der Waals surface area (Å²) in [6.45, 7) is 2.77. The topological polar surface area (TPSA) is 99.4 Å². The average molecular weight is 462 g/mol. The summed E-state index contributed by atoms with van der Waals surface area (Å²) in [6, 6.07) is 16.7. The molecule has 4 rings (SSSR count). The van der Waals surface area contributed by atoms with E-state index in [1.54, 1.807) is 24.4 Å². The maximum atomic E-state index is 13.0. The molecule has 34 heavy (non-hydrogen) atoms. The van der Waals surface area contributed by atoms with E-state index < -0.39 is 0 Å². The SMILES string of the molecule is CCOc1ccccc1Oc1ccc(CNC(=O)CCc2nc(-c3ccc(F)cc3)no2)cn1. The number of hydrogen-bond donors (Lipinski definition) is 1. The number of nitrogens with zero attached hydrogens (tertiary/aromatic N) is 3. The van der Waals surface area contributed by atoms with E-state index in [0.29, 0.717) is 54.2 Å². The number of amides is 1. The van der Waals surface area contributed by atoms with Crippen LogP contribution in [0.4, 0.5) is 4.39 Å². The van der Waals surface area contributed by atoms with Crippen molar-refractivity contribution in [2.24, 2.45) is 0 Å². The minimum Gasteiger partial charge on any atom is -0.490 e. The number of aryl methyl sites for hydroxylation is 1. The largest absolute Gasteiger partial charge is 0.490 e. The van der Waals surface area contributed by atoms with Crippen LogP contribution in [0.3, 0.4) is 0 Å². The molecule has 0 unspecified atom stereocenters. The van der Waals surface area contributed by atoms with E-state index in [1.807, 2.05) is 37.3 Å². The first kappa shape index (κ1) is 22.9. The number of ether oxygens (including phenoxy) is 2. The molecule has 0 aliphatic rings. The van der Waals surface area contributed by atoms with Gasteiger partial charge in [0.05, 0.1) is 6.61 Å². The maximum absolute atomic E-state index is 13.0. The average Bonchev–Trinajstić information content (AvgIpc) is 3.33. The molecular weight excluding hydrogens is 439 g/mol. The zero-order chi connectivity index (χ0) is 23.8. The van der Waals surface area contributed by atoms with Crippen LogP contribution in [-0.4, -0.2) is 27.6 Å². The highest BCUT2D eigenvalue weighted by molar-refractivity contribution is 5.76. The zero-order valence-electron chi connectivity index (χ0n) is 18.5. The molecule has 4 aromatic rings. The first-order valence-electron chi connectivity index (χ1n) is 10.8. The van der Waals surface area contributed by atoms with Crippen LogP contribution >= 0.6 is 0 Å². The summed E-state index contributed by atoms with van der Waals surface area (Å²) in [6.07, 6.45) is 2.13. The summed E-state index contributed by atoms with van der Waals surface area (Å²) in [7, 11) is 0. The molecule has 0 saturated heterocycles. The first-order chi connectivity index (χ1) is 16.6. The van der Waals surface area contributed by atoms with Gasteiger partial charge < -0.3 is 19.3 Å². The predicted octanol–water partition coefficient (Wildman–Crippen LogP) is 4.71. The van der Waals surface area contributed by atoms with Crippen LogP contribution in [0.2, 0.25) is 0 Å². The van der Waals surface area contributed by atoms with Crippen LogP contribution < -0.4 is 14.8 Å². The fourth-order valence-corrected chi connectivity index (χ4v) is 3.08. The normalized spacial score (nSPS) is 10.6. The van der Waals surface area contributed by atoms with Crippen LogP contribution in [0.15, 0.2) is 71.4 Å². The number of carbonyl (C=O) groups is 1. The Morgan fingerprint density at radius 3 is 2.59 bits per heavy atom. The van der Waals surface area contributed by atoms with Crippen molar-refractivity contribution in [1.82, 2.24) is 20.4 Å². The van der Waals surface area contributed by atoms with Gasteiger partial charge in [0.15, 0.2) is 11.5 Å². The molecule has 0 fully saturated rings. The molecule has 0 aliphatic heterocycles. The Kier molecular flexibility index (Phi) is 7.44. The van der Waals surface area contributed by atoms with E-state index in [2.05, 4.69) is 20.4 Å². The summed E-state index contributed by atoms with van der Waals surface area (Å²) in [5, 5.41) is 6.71. The lowest BCUT2D eigenvalue weighted by Crippen LogP contribution is -2.23. The fraction of sp³-hybridized carbons (Fsp3) is 0.200. The Hall–Kier alpha value is -4.27. The molecule has 2 aromatic heterocycles. The summed E-state index contributed by atoms with van der Waals surface area (Å²) < 4.78 is 29.6. The predicted molar refractivity (Wildman–Crippen MR) is 122 cm³/mol. The first-order valence-corrected chi connectivity index (χ1v) is 10.8. The molecule has 174 valence electrons.